The maximum absolute atomic E-state index is 14.0. The molecule has 2 aromatic carbocycles. The first kappa shape index (κ1) is 75.7. The largest absolute Gasteiger partial charge is 0.394 e. The molecule has 18 heteroatoms. The van der Waals surface area contributed by atoms with E-state index >= 15 is 0 Å². The minimum absolute atomic E-state index is 0.0244. The molecule has 2 aromatic rings. The van der Waals surface area contributed by atoms with Crippen LogP contribution in [0.15, 0.2) is 0 Å². The Bertz CT molecular complexity index is 1800. The fourth-order valence-electron chi connectivity index (χ4n) is 6.34. The lowest BCUT2D eigenvalue weighted by molar-refractivity contribution is -0.119. The van der Waals surface area contributed by atoms with Crippen LogP contribution in [0.1, 0.15) is 158 Å². The van der Waals surface area contributed by atoms with E-state index in [0.717, 1.165) is 0 Å². The number of amides is 5. The number of hydrogen-bond donors (Lipinski definition) is 8. The lowest BCUT2D eigenvalue weighted by Gasteiger charge is -2.28. The number of rotatable bonds is 17. The van der Waals surface area contributed by atoms with E-state index in [2.05, 4.69) is 10.6 Å². The summed E-state index contributed by atoms with van der Waals surface area (Å²) in [5.41, 5.74) is 3.26. The molecule has 5 amide bonds. The van der Waals surface area contributed by atoms with Gasteiger partial charge in [-0.25, -0.2) is 0 Å². The third-order valence-corrected chi connectivity index (χ3v) is 9.43. The molecule has 0 aliphatic heterocycles. The average Bonchev–Trinajstić information content (AvgIpc) is 3.36. The highest BCUT2D eigenvalue weighted by Gasteiger charge is 2.30. The molecule has 2 rings (SSSR count). The molecule has 69 heavy (non-hydrogen) atoms. The smallest absolute Gasteiger partial charge is 0.254 e. The van der Waals surface area contributed by atoms with Crippen molar-refractivity contribution in [2.75, 3.05) is 98.5 Å². The molecule has 2 unspecified atom stereocenters. The van der Waals surface area contributed by atoms with Crippen molar-refractivity contribution in [1.82, 2.24) is 19.6 Å². The number of aliphatic hydroxyl groups excluding tert-OH is 6. The summed E-state index contributed by atoms with van der Waals surface area (Å²) in [6.07, 6.45) is -1.20. The number of benzene rings is 2. The van der Waals surface area contributed by atoms with Gasteiger partial charge in [-0.2, -0.15) is 0 Å². The van der Waals surface area contributed by atoms with Gasteiger partial charge in [0.15, 0.2) is 6.29 Å². The highest BCUT2D eigenvalue weighted by atomic mass is 16.3. The van der Waals surface area contributed by atoms with Gasteiger partial charge in [-0.15, -0.1) is 0 Å². The van der Waals surface area contributed by atoms with Crippen molar-refractivity contribution >= 4 is 47.2 Å². The Morgan fingerprint density at radius 1 is 0.464 bits per heavy atom. The zero-order chi connectivity index (χ0) is 56.1. The Morgan fingerprint density at radius 3 is 1.03 bits per heavy atom. The van der Waals surface area contributed by atoms with E-state index in [4.69, 9.17) is 10.2 Å². The summed E-state index contributed by atoms with van der Waals surface area (Å²) in [5, 5.41) is 60.0. The highest BCUT2D eigenvalue weighted by molar-refractivity contribution is 6.08. The van der Waals surface area contributed by atoms with Crippen LogP contribution >= 0.6 is 0 Å². The maximum Gasteiger partial charge on any atom is 0.254 e. The predicted molar refractivity (Wildman–Crippen MR) is 282 cm³/mol. The molecule has 0 saturated heterocycles. The monoisotopic (exact) mass is 985 g/mol. The third kappa shape index (κ3) is 24.5. The van der Waals surface area contributed by atoms with Crippen LogP contribution in [0, 0.1) is 41.5 Å². The fourth-order valence-corrected chi connectivity index (χ4v) is 6.34. The normalized spacial score (nSPS) is 10.3. The van der Waals surface area contributed by atoms with Crippen molar-refractivity contribution in [3.63, 3.8) is 0 Å². The molecule has 2 atom stereocenters. The summed E-state index contributed by atoms with van der Waals surface area (Å²) in [5.74, 6) is -3.04. The number of nitrogens with one attached hydrogen (secondary N) is 2. The second kappa shape index (κ2) is 43.2. The fraction of sp³-hybridized carbons (Fsp3) is 0.647. The van der Waals surface area contributed by atoms with Crippen LogP contribution in [0.25, 0.3) is 0 Å². The standard InChI is InChI=1S/C34H47N5O10.C5H13NO2.6C2H6/c1-17-24(14-41)18(2)30(35-25(45)15-42)20(4)27(17)32(47)37(7)10-11-38(8)33(48)28-19(3)29(34(49)39(9)12-23(44)13-40)22(6)31(21(28)5)36-26(46)16-43;1-6(2)3-5(8)4-7;6*1-2/h14,23,40,42-44H,10-13,15-16H2,1-9H3,(H,35,45)(H,36,46);5,7-8H,3-4H2,1-2H3;6*1-2H3. The van der Waals surface area contributed by atoms with Gasteiger partial charge in [-0.05, 0) is 89.0 Å². The summed E-state index contributed by atoms with van der Waals surface area (Å²) < 4.78 is 0. The molecule has 0 bridgehead atoms. The Kier molecular flexibility index (Phi) is 47.4. The molecule has 0 fully saturated rings. The molecule has 0 spiro atoms. The molecule has 0 aromatic heterocycles. The highest BCUT2D eigenvalue weighted by Crippen LogP contribution is 2.34. The number of carbonyl (C=O) groups is 6. The van der Waals surface area contributed by atoms with Crippen molar-refractivity contribution in [3.8, 4) is 0 Å². The zero-order valence-electron chi connectivity index (χ0n) is 46.8. The lowest BCUT2D eigenvalue weighted by Crippen LogP contribution is -2.39. The lowest BCUT2D eigenvalue weighted by atomic mass is 9.89. The topological polar surface area (TPSA) is 261 Å². The van der Waals surface area contributed by atoms with Gasteiger partial charge in [0.25, 0.3) is 17.7 Å². The first-order valence-electron chi connectivity index (χ1n) is 24.1. The summed E-state index contributed by atoms with van der Waals surface area (Å²) in [4.78, 5) is 83.2. The molecule has 0 radical (unpaired) electrons. The number of anilines is 2. The maximum atomic E-state index is 14.0. The Labute approximate surface area is 416 Å². The first-order chi connectivity index (χ1) is 32.6. The SMILES string of the molecule is CC.CC.CC.CC.CC.CC.CN(C)CC(O)CO.Cc1c(C=O)c(C)c(C(=O)N(C)CCN(C)C(=O)c2c(C)c(NC(=O)CO)c(C)c(C(=O)N(C)CC(O)CO)c2C)c(C)c1NC(=O)CO. The van der Waals surface area contributed by atoms with Gasteiger partial charge >= 0.3 is 0 Å². The predicted octanol–water partition coefficient (Wildman–Crippen LogP) is 5.54. The molecule has 8 N–H and O–H groups in total. The number of likely N-dealkylation sites (N-methyl/N-ethyl adjacent to an activating group) is 4. The Hall–Kier alpha value is -4.82. The van der Waals surface area contributed by atoms with Crippen LogP contribution in [0.4, 0.5) is 11.4 Å². The Morgan fingerprint density at radius 2 is 0.754 bits per heavy atom. The quantitative estimate of drug-likeness (QED) is 0.0908. The van der Waals surface area contributed by atoms with Crippen LogP contribution in [-0.4, -0.2) is 186 Å². The van der Waals surface area contributed by atoms with E-state index in [-0.39, 0.29) is 59.9 Å². The van der Waals surface area contributed by atoms with Crippen molar-refractivity contribution in [1.29, 1.82) is 0 Å². The van der Waals surface area contributed by atoms with E-state index in [9.17, 15) is 49.2 Å². The first-order valence-corrected chi connectivity index (χ1v) is 24.1. The number of hydrogen-bond acceptors (Lipinski definition) is 13. The zero-order valence-corrected chi connectivity index (χ0v) is 46.8. The molecule has 0 aliphatic rings. The van der Waals surface area contributed by atoms with Crippen LogP contribution in [0.3, 0.4) is 0 Å². The molecule has 402 valence electrons. The number of nitrogens with zero attached hydrogens (tertiary/aromatic N) is 4. The van der Waals surface area contributed by atoms with Crippen LogP contribution in [0.5, 0.6) is 0 Å². The molecule has 0 aliphatic carbocycles. The average molecular weight is 985 g/mol. The van der Waals surface area contributed by atoms with Crippen molar-refractivity contribution in [3.05, 3.63) is 55.6 Å². The number of aldehydes is 1. The molecular weight excluding hydrogens is 889 g/mol. The van der Waals surface area contributed by atoms with E-state index in [1.807, 2.05) is 102 Å². The number of aliphatic hydroxyl groups is 6. The summed E-state index contributed by atoms with van der Waals surface area (Å²) in [6.45, 7) is 31.7. The minimum atomic E-state index is -1.20. The molecule has 0 heterocycles. The minimum Gasteiger partial charge on any atom is -0.394 e. The van der Waals surface area contributed by atoms with Gasteiger partial charge in [0, 0.05) is 81.0 Å². The second-order valence-corrected chi connectivity index (χ2v) is 14.1. The van der Waals surface area contributed by atoms with Gasteiger partial charge < -0.3 is 60.9 Å². The van der Waals surface area contributed by atoms with Crippen LogP contribution in [-0.2, 0) is 9.59 Å². The number of carbonyl (C=O) groups excluding carboxylic acids is 6. The van der Waals surface area contributed by atoms with Crippen LogP contribution < -0.4 is 10.6 Å². The van der Waals surface area contributed by atoms with E-state index in [0.29, 0.717) is 46.2 Å². The molecule has 0 saturated carbocycles. The van der Waals surface area contributed by atoms with E-state index < -0.39 is 61.6 Å². The van der Waals surface area contributed by atoms with Crippen molar-refractivity contribution < 1.29 is 59.4 Å². The van der Waals surface area contributed by atoms with Crippen LogP contribution in [0.2, 0.25) is 0 Å². The third-order valence-electron chi connectivity index (χ3n) is 9.43. The summed E-state index contributed by atoms with van der Waals surface area (Å²) in [7, 11) is 8.14. The Balaban J connectivity index is -0.000000426. The van der Waals surface area contributed by atoms with Gasteiger partial charge in [0.2, 0.25) is 11.8 Å². The summed E-state index contributed by atoms with van der Waals surface area (Å²) in [6, 6.07) is 0. The van der Waals surface area contributed by atoms with E-state index in [1.165, 1.54) is 35.8 Å². The molecular formula is C51H96N6O12. The van der Waals surface area contributed by atoms with Gasteiger partial charge in [0.05, 0.1) is 25.4 Å². The molecule has 18 nitrogen and oxygen atoms in total. The van der Waals surface area contributed by atoms with Gasteiger partial charge in [-0.1, -0.05) is 83.1 Å². The van der Waals surface area contributed by atoms with Crippen molar-refractivity contribution in [2.24, 2.45) is 0 Å². The summed E-state index contributed by atoms with van der Waals surface area (Å²) >= 11 is 0. The van der Waals surface area contributed by atoms with E-state index in [1.54, 1.807) is 41.5 Å². The van der Waals surface area contributed by atoms with Crippen molar-refractivity contribution in [2.45, 2.75) is 137 Å². The van der Waals surface area contributed by atoms with Gasteiger partial charge in [0.1, 0.15) is 13.2 Å². The second-order valence-electron chi connectivity index (χ2n) is 14.1. The van der Waals surface area contributed by atoms with Gasteiger partial charge in [-0.3, -0.25) is 28.8 Å².